The van der Waals surface area contributed by atoms with Crippen LogP contribution in [0.25, 0.3) is 10.2 Å². The van der Waals surface area contributed by atoms with Crippen molar-refractivity contribution in [1.29, 1.82) is 0 Å². The second kappa shape index (κ2) is 1.96. The normalized spacial score (nSPS) is 12.3. The van der Waals surface area contributed by atoms with Gasteiger partial charge in [-0.05, 0) is 4.37 Å². The van der Waals surface area contributed by atoms with Crippen LogP contribution < -0.4 is 0 Å². The summed E-state index contributed by atoms with van der Waals surface area (Å²) in [6.07, 6.45) is 4.48. The first kappa shape index (κ1) is 5.70. The van der Waals surface area contributed by atoms with Crippen LogP contribution in [-0.2, 0) is 0 Å². The summed E-state index contributed by atoms with van der Waals surface area (Å²) < 4.78 is 14.5. The van der Waals surface area contributed by atoms with Crippen molar-refractivity contribution in [3.63, 3.8) is 0 Å². The molecule has 5 heteroatoms. The first-order valence-electron chi connectivity index (χ1n) is 2.64. The molecular weight excluding hydrogens is 150 g/mol. The quantitative estimate of drug-likeness (QED) is 0.524. The molecule has 0 aliphatic heterocycles. The number of hydrogen-bond donors (Lipinski definition) is 0. The molecule has 0 spiro atoms. The molecule has 0 saturated carbocycles. The molecule has 2 rings (SSSR count). The van der Waals surface area contributed by atoms with E-state index in [4.69, 9.17) is 0 Å². The molecule has 0 amide bonds. The summed E-state index contributed by atoms with van der Waals surface area (Å²) in [6, 6.07) is 0. The van der Waals surface area contributed by atoms with Gasteiger partial charge in [0, 0.05) is 6.20 Å². The first-order chi connectivity index (χ1) is 4.88. The molecule has 0 saturated heterocycles. The van der Waals surface area contributed by atoms with Gasteiger partial charge in [0.1, 0.15) is 6.33 Å². The highest BCUT2D eigenvalue weighted by atomic mass is 32.2. The zero-order valence-electron chi connectivity index (χ0n) is 4.89. The van der Waals surface area contributed by atoms with E-state index in [9.17, 15) is 4.55 Å². The maximum Gasteiger partial charge on any atom is 0.301 e. The molecule has 0 aliphatic carbocycles. The Kier molecular flexibility index (Phi) is 1.12. The van der Waals surface area contributed by atoms with E-state index in [1.165, 1.54) is 12.5 Å². The fourth-order valence-electron chi connectivity index (χ4n) is 0.718. The van der Waals surface area contributed by atoms with E-state index < -0.39 is 10.9 Å². The van der Waals surface area contributed by atoms with Crippen molar-refractivity contribution in [2.75, 3.05) is 0 Å². The molecule has 2 aromatic rings. The van der Waals surface area contributed by atoms with E-state index in [2.05, 4.69) is 14.3 Å². The van der Waals surface area contributed by atoms with Gasteiger partial charge in [-0.25, -0.2) is 4.98 Å². The third kappa shape index (κ3) is 0.680. The Bertz CT molecular complexity index is 358. The van der Waals surface area contributed by atoms with Crippen molar-refractivity contribution in [2.24, 2.45) is 0 Å². The van der Waals surface area contributed by atoms with Gasteiger partial charge in [-0.3, -0.25) is 0 Å². The summed E-state index contributed by atoms with van der Waals surface area (Å²) in [7, 11) is -1.28. The molecule has 10 heavy (non-hydrogen) atoms. The third-order valence-electron chi connectivity index (χ3n) is 1.16. The first-order valence-corrected chi connectivity index (χ1v) is 3.74. The van der Waals surface area contributed by atoms with Gasteiger partial charge in [0.15, 0.2) is 0 Å². The van der Waals surface area contributed by atoms with Crippen LogP contribution in [0, 0.1) is 0 Å². The smallest absolute Gasteiger partial charge is 0.301 e. The van der Waals surface area contributed by atoms with Crippen LogP contribution in [0.3, 0.4) is 0 Å². The second-order valence-corrected chi connectivity index (χ2v) is 2.86. The Labute approximate surface area is 59.5 Å². The van der Waals surface area contributed by atoms with E-state index in [0.29, 0.717) is 4.83 Å². The molecule has 1 unspecified atom stereocenters. The predicted octanol–water partition coefficient (Wildman–Crippen LogP) is 0.752. The van der Waals surface area contributed by atoms with Crippen molar-refractivity contribution in [3.8, 4) is 0 Å². The highest BCUT2D eigenvalue weighted by Crippen LogP contribution is 2.20. The average molecular weight is 153 g/mol. The van der Waals surface area contributed by atoms with Crippen molar-refractivity contribution in [3.05, 3.63) is 18.7 Å². The van der Waals surface area contributed by atoms with Gasteiger partial charge in [0.05, 0.1) is 22.5 Å². The molecule has 4 nitrogen and oxygen atoms in total. The van der Waals surface area contributed by atoms with Gasteiger partial charge in [-0.1, -0.05) is 0 Å². The van der Waals surface area contributed by atoms with E-state index in [-0.39, 0.29) is 0 Å². The zero-order valence-corrected chi connectivity index (χ0v) is 5.71. The van der Waals surface area contributed by atoms with Crippen LogP contribution in [0.5, 0.6) is 0 Å². The van der Waals surface area contributed by atoms with Gasteiger partial charge in [0.25, 0.3) is 0 Å². The van der Waals surface area contributed by atoms with Crippen molar-refractivity contribution in [1.82, 2.24) is 14.3 Å². The molecule has 2 aromatic heterocycles. The van der Waals surface area contributed by atoms with E-state index >= 15 is 0 Å². The zero-order chi connectivity index (χ0) is 6.97. The van der Waals surface area contributed by atoms with Gasteiger partial charge in [-0.2, -0.15) is 4.98 Å². The molecule has 50 valence electrons. The van der Waals surface area contributed by atoms with Gasteiger partial charge < -0.3 is 4.55 Å². The summed E-state index contributed by atoms with van der Waals surface area (Å²) in [6.45, 7) is 0. The lowest BCUT2D eigenvalue weighted by Crippen LogP contribution is -1.73. The Morgan fingerprint density at radius 1 is 1.40 bits per heavy atom. The molecule has 0 fully saturated rings. The van der Waals surface area contributed by atoms with Crippen LogP contribution in [0.15, 0.2) is 18.7 Å². The number of hydrogen-bond acceptors (Lipinski definition) is 4. The summed E-state index contributed by atoms with van der Waals surface area (Å²) in [5.74, 6) is 0. The highest BCUT2D eigenvalue weighted by Gasteiger charge is 2.05. The van der Waals surface area contributed by atoms with Crippen LogP contribution in [0.1, 0.15) is 0 Å². The molecule has 2 heterocycles. The van der Waals surface area contributed by atoms with Crippen LogP contribution >= 0.6 is 10.9 Å². The van der Waals surface area contributed by atoms with Crippen LogP contribution in [-0.4, -0.2) is 18.9 Å². The second-order valence-electron chi connectivity index (χ2n) is 1.77. The van der Waals surface area contributed by atoms with Crippen LogP contribution in [0.4, 0.5) is 0 Å². The molecule has 0 aromatic carbocycles. The van der Waals surface area contributed by atoms with Crippen molar-refractivity contribution >= 4 is 21.2 Å². The summed E-state index contributed by atoms with van der Waals surface area (Å²) in [5, 5.41) is 0.751. The lowest BCUT2D eigenvalue weighted by Gasteiger charge is -1.81. The van der Waals surface area contributed by atoms with Crippen molar-refractivity contribution < 1.29 is 4.55 Å². The fraction of sp³-hybridized carbons (Fsp3) is 0. The topological polar surface area (TPSA) is 61.7 Å². The summed E-state index contributed by atoms with van der Waals surface area (Å²) >= 11 is 0. The standard InChI is InChI=1S/C5H3N3OS/c9-10-5-4(2-8-10)1-6-3-7-5/h1-3H. The van der Waals surface area contributed by atoms with Crippen molar-refractivity contribution in [2.45, 2.75) is 0 Å². The van der Waals surface area contributed by atoms with Gasteiger partial charge >= 0.3 is 4.83 Å². The predicted molar refractivity (Wildman–Crippen MR) is 36.0 cm³/mol. The Balaban J connectivity index is 2.93. The largest absolute Gasteiger partial charge is 0.567 e. The van der Waals surface area contributed by atoms with Gasteiger partial charge in [0.2, 0.25) is 0 Å². The Morgan fingerprint density at radius 2 is 2.30 bits per heavy atom. The Hall–Kier alpha value is -1.07. The minimum Gasteiger partial charge on any atom is -0.567 e. The molecule has 1 atom stereocenters. The minimum absolute atomic E-state index is 0.509. The maximum atomic E-state index is 10.9. The molecule has 0 aliphatic rings. The number of aromatic nitrogens is 3. The monoisotopic (exact) mass is 153 g/mol. The number of fused-ring (bicyclic) bond motifs is 1. The number of nitrogens with zero attached hydrogens (tertiary/aromatic N) is 3. The number of rotatable bonds is 0. The van der Waals surface area contributed by atoms with E-state index in [1.807, 2.05) is 0 Å². The van der Waals surface area contributed by atoms with Crippen LogP contribution in [0.2, 0.25) is 0 Å². The summed E-state index contributed by atoms with van der Waals surface area (Å²) in [5.41, 5.74) is 0. The SMILES string of the molecule is [O-][s+]1ncc2cncnc21. The fourth-order valence-corrected chi connectivity index (χ4v) is 1.47. The van der Waals surface area contributed by atoms with E-state index in [1.54, 1.807) is 6.20 Å². The molecule has 0 N–H and O–H groups in total. The lowest BCUT2D eigenvalue weighted by molar-refractivity contribution is 0.593. The van der Waals surface area contributed by atoms with Gasteiger partial charge in [-0.15, -0.1) is 0 Å². The van der Waals surface area contributed by atoms with E-state index in [0.717, 1.165) is 5.39 Å². The highest BCUT2D eigenvalue weighted by molar-refractivity contribution is 7.25. The average Bonchev–Trinajstić information content (AvgIpc) is 2.34. The molecule has 0 radical (unpaired) electrons. The minimum atomic E-state index is -1.28. The summed E-state index contributed by atoms with van der Waals surface area (Å²) in [4.78, 5) is 8.07. The Morgan fingerprint density at radius 3 is 3.10 bits per heavy atom. The molecular formula is C5H3N3OS. The molecule has 0 bridgehead atoms. The maximum absolute atomic E-state index is 10.9. The third-order valence-corrected chi connectivity index (χ3v) is 2.12. The lowest BCUT2D eigenvalue weighted by atomic mass is 10.5.